The Morgan fingerprint density at radius 1 is 1.24 bits per heavy atom. The van der Waals surface area contributed by atoms with Gasteiger partial charge in [-0.3, -0.25) is 14.5 Å². The van der Waals surface area contributed by atoms with Crippen LogP contribution in [0.1, 0.15) is 20.7 Å². The Hall–Kier alpha value is -1.82. The van der Waals surface area contributed by atoms with Gasteiger partial charge in [-0.25, -0.2) is 4.79 Å². The average molecular weight is 251 g/mol. The van der Waals surface area contributed by atoms with E-state index in [4.69, 9.17) is 5.11 Å². The molecule has 17 heavy (non-hydrogen) atoms. The van der Waals surface area contributed by atoms with Crippen LogP contribution in [0.5, 0.6) is 0 Å². The molecule has 1 aliphatic heterocycles. The van der Waals surface area contributed by atoms with Gasteiger partial charge < -0.3 is 5.11 Å². The first kappa shape index (κ1) is 11.7. The van der Waals surface area contributed by atoms with Gasteiger partial charge in [-0.05, 0) is 12.1 Å². The van der Waals surface area contributed by atoms with E-state index in [0.717, 1.165) is 4.90 Å². The van der Waals surface area contributed by atoms with Gasteiger partial charge in [-0.1, -0.05) is 12.1 Å². The number of rotatable bonds is 3. The van der Waals surface area contributed by atoms with E-state index in [1.54, 1.807) is 12.1 Å². The molecule has 0 saturated heterocycles. The van der Waals surface area contributed by atoms with Gasteiger partial charge in [0.2, 0.25) is 0 Å². The summed E-state index contributed by atoms with van der Waals surface area (Å²) < 4.78 is 0. The Labute approximate surface area is 102 Å². The van der Waals surface area contributed by atoms with Crippen molar-refractivity contribution in [1.82, 2.24) is 4.90 Å². The third-order valence-corrected chi connectivity index (χ3v) is 2.94. The van der Waals surface area contributed by atoms with Crippen LogP contribution in [0.25, 0.3) is 0 Å². The highest BCUT2D eigenvalue weighted by atomic mass is 32.1. The molecular weight excluding hydrogens is 242 g/mol. The molecule has 88 valence electrons. The number of carbonyl (C=O) groups is 3. The van der Waals surface area contributed by atoms with Gasteiger partial charge >= 0.3 is 5.97 Å². The van der Waals surface area contributed by atoms with Crippen molar-refractivity contribution in [1.29, 1.82) is 0 Å². The summed E-state index contributed by atoms with van der Waals surface area (Å²) in [5.41, 5.74) is 0.482. The predicted octanol–water partition coefficient (Wildman–Crippen LogP) is 0.666. The minimum absolute atomic E-state index is 0.110. The molecule has 1 aliphatic rings. The summed E-state index contributed by atoms with van der Waals surface area (Å²) in [6.45, 7) is 0. The van der Waals surface area contributed by atoms with E-state index in [2.05, 4.69) is 12.6 Å². The Morgan fingerprint density at radius 3 is 2.06 bits per heavy atom. The van der Waals surface area contributed by atoms with Gasteiger partial charge in [0.15, 0.2) is 0 Å². The smallest absolute Gasteiger partial charge is 0.327 e. The molecule has 2 amide bonds. The SMILES string of the molecule is O=C(O)C(CS)N1C(=O)c2ccccc2C1=O. The number of carboxylic acid groups (broad SMARTS) is 1. The number of nitrogens with zero attached hydrogens (tertiary/aromatic N) is 1. The Morgan fingerprint density at radius 2 is 1.71 bits per heavy atom. The zero-order valence-electron chi connectivity index (χ0n) is 8.66. The summed E-state index contributed by atoms with van der Waals surface area (Å²) in [6, 6.07) is 5.04. The lowest BCUT2D eigenvalue weighted by molar-refractivity contribution is -0.140. The van der Waals surface area contributed by atoms with Gasteiger partial charge in [0, 0.05) is 5.75 Å². The van der Waals surface area contributed by atoms with E-state index in [0.29, 0.717) is 0 Å². The van der Waals surface area contributed by atoms with Gasteiger partial charge in [0.25, 0.3) is 11.8 Å². The van der Waals surface area contributed by atoms with E-state index in [1.165, 1.54) is 12.1 Å². The monoisotopic (exact) mass is 251 g/mol. The maximum absolute atomic E-state index is 11.9. The molecule has 0 aliphatic carbocycles. The summed E-state index contributed by atoms with van der Waals surface area (Å²) in [5.74, 6) is -2.51. The molecule has 0 radical (unpaired) electrons. The number of fused-ring (bicyclic) bond motifs is 1. The van der Waals surface area contributed by atoms with Gasteiger partial charge in [0.05, 0.1) is 11.1 Å². The van der Waals surface area contributed by atoms with Crippen molar-refractivity contribution in [3.05, 3.63) is 35.4 Å². The maximum atomic E-state index is 11.9. The normalized spacial score (nSPS) is 15.9. The van der Waals surface area contributed by atoms with Crippen molar-refractivity contribution in [2.45, 2.75) is 6.04 Å². The van der Waals surface area contributed by atoms with E-state index in [-0.39, 0.29) is 16.9 Å². The van der Waals surface area contributed by atoms with Crippen LogP contribution in [-0.4, -0.2) is 39.6 Å². The quantitative estimate of drug-likeness (QED) is 0.611. The second kappa shape index (κ2) is 4.21. The molecule has 6 heteroatoms. The molecule has 2 rings (SSSR count). The summed E-state index contributed by atoms with van der Waals surface area (Å²) >= 11 is 3.86. The van der Waals surface area contributed by atoms with Crippen LogP contribution >= 0.6 is 12.6 Å². The largest absolute Gasteiger partial charge is 0.480 e. The number of carboxylic acids is 1. The Balaban J connectivity index is 2.46. The van der Waals surface area contributed by atoms with Gasteiger partial charge in [-0.15, -0.1) is 0 Å². The molecule has 1 N–H and O–H groups in total. The lowest BCUT2D eigenvalue weighted by Gasteiger charge is -2.20. The number of hydrogen-bond donors (Lipinski definition) is 2. The maximum Gasteiger partial charge on any atom is 0.327 e. The predicted molar refractivity (Wildman–Crippen MR) is 62.2 cm³/mol. The van der Waals surface area contributed by atoms with Crippen molar-refractivity contribution < 1.29 is 19.5 Å². The van der Waals surface area contributed by atoms with Crippen LogP contribution in [0.2, 0.25) is 0 Å². The van der Waals surface area contributed by atoms with Crippen molar-refractivity contribution in [3.8, 4) is 0 Å². The van der Waals surface area contributed by atoms with Crippen molar-refractivity contribution in [3.63, 3.8) is 0 Å². The summed E-state index contributed by atoms with van der Waals surface area (Å²) in [4.78, 5) is 35.6. The first-order chi connectivity index (χ1) is 8.07. The fraction of sp³-hybridized carbons (Fsp3) is 0.182. The number of carbonyl (C=O) groups excluding carboxylic acids is 2. The van der Waals surface area contributed by atoms with Crippen LogP contribution in [-0.2, 0) is 4.79 Å². The second-order valence-electron chi connectivity index (χ2n) is 3.56. The highest BCUT2D eigenvalue weighted by molar-refractivity contribution is 7.80. The van der Waals surface area contributed by atoms with Crippen LogP contribution in [0.3, 0.4) is 0 Å². The number of amides is 2. The molecule has 1 heterocycles. The number of benzene rings is 1. The number of hydrogen-bond acceptors (Lipinski definition) is 4. The first-order valence-corrected chi connectivity index (χ1v) is 5.51. The Bertz CT molecular complexity index is 479. The summed E-state index contributed by atoms with van der Waals surface area (Å²) in [7, 11) is 0. The molecule has 1 aromatic rings. The number of imide groups is 1. The zero-order chi connectivity index (χ0) is 12.6. The van der Waals surface area contributed by atoms with Crippen LogP contribution < -0.4 is 0 Å². The van der Waals surface area contributed by atoms with Crippen LogP contribution in [0.15, 0.2) is 24.3 Å². The molecule has 0 saturated carbocycles. The second-order valence-corrected chi connectivity index (χ2v) is 3.93. The molecule has 1 aromatic carbocycles. The third kappa shape index (κ3) is 1.70. The minimum Gasteiger partial charge on any atom is -0.480 e. The van der Waals surface area contributed by atoms with E-state index < -0.39 is 23.8 Å². The summed E-state index contributed by atoms with van der Waals surface area (Å²) in [5, 5.41) is 8.95. The topological polar surface area (TPSA) is 74.7 Å². The molecule has 0 spiro atoms. The highest BCUT2D eigenvalue weighted by Gasteiger charge is 2.41. The minimum atomic E-state index is -1.24. The molecule has 0 fully saturated rings. The molecule has 1 unspecified atom stereocenters. The standard InChI is InChI=1S/C11H9NO4S/c13-9-6-3-1-2-4-7(6)10(14)12(9)8(5-17)11(15)16/h1-4,8,17H,5H2,(H,15,16). The molecule has 0 aromatic heterocycles. The molecular formula is C11H9NO4S. The van der Waals surface area contributed by atoms with E-state index >= 15 is 0 Å². The number of thiol groups is 1. The van der Waals surface area contributed by atoms with Crippen molar-refractivity contribution >= 4 is 30.4 Å². The van der Waals surface area contributed by atoms with Gasteiger partial charge in [-0.2, -0.15) is 12.6 Å². The van der Waals surface area contributed by atoms with E-state index in [1.807, 2.05) is 0 Å². The van der Waals surface area contributed by atoms with Crippen LogP contribution in [0.4, 0.5) is 0 Å². The highest BCUT2D eigenvalue weighted by Crippen LogP contribution is 2.24. The lowest BCUT2D eigenvalue weighted by atomic mass is 10.1. The first-order valence-electron chi connectivity index (χ1n) is 4.88. The van der Waals surface area contributed by atoms with Crippen molar-refractivity contribution in [2.75, 3.05) is 5.75 Å². The molecule has 1 atom stereocenters. The fourth-order valence-corrected chi connectivity index (χ4v) is 2.08. The molecule has 0 bridgehead atoms. The van der Waals surface area contributed by atoms with E-state index in [9.17, 15) is 14.4 Å². The zero-order valence-corrected chi connectivity index (χ0v) is 9.55. The van der Waals surface area contributed by atoms with Crippen LogP contribution in [0, 0.1) is 0 Å². The number of aliphatic carboxylic acids is 1. The van der Waals surface area contributed by atoms with Gasteiger partial charge in [0.1, 0.15) is 6.04 Å². The summed E-state index contributed by atoms with van der Waals surface area (Å²) in [6.07, 6.45) is 0. The fourth-order valence-electron chi connectivity index (χ4n) is 1.76. The average Bonchev–Trinajstić information content (AvgIpc) is 2.56. The van der Waals surface area contributed by atoms with Crippen molar-refractivity contribution in [2.24, 2.45) is 0 Å². The Kier molecular flexibility index (Phi) is 2.89. The molecule has 5 nitrogen and oxygen atoms in total. The lowest BCUT2D eigenvalue weighted by Crippen LogP contribution is -2.46. The third-order valence-electron chi connectivity index (χ3n) is 2.60.